The Kier molecular flexibility index (Phi) is 4.87. The molecule has 1 atom stereocenters. The summed E-state index contributed by atoms with van der Waals surface area (Å²) in [6, 6.07) is 18.1. The quantitative estimate of drug-likeness (QED) is 0.638. The fourth-order valence-corrected chi connectivity index (χ4v) is 6.04. The fraction of sp³-hybridized carbons (Fsp3) is 0.0833. The highest BCUT2D eigenvalue weighted by atomic mass is 32.2. The van der Waals surface area contributed by atoms with E-state index in [0.717, 1.165) is 4.31 Å². The smallest absolute Gasteiger partial charge is 0.265 e. The number of benzene rings is 2. The topological polar surface area (TPSA) is 109 Å². The van der Waals surface area contributed by atoms with E-state index in [0.29, 0.717) is 16.8 Å². The average molecular weight is 460 g/mol. The first kappa shape index (κ1) is 20.7. The molecule has 2 aliphatic rings. The van der Waals surface area contributed by atoms with Crippen molar-refractivity contribution in [1.82, 2.24) is 4.98 Å². The molecule has 164 valence electrons. The van der Waals surface area contributed by atoms with Crippen molar-refractivity contribution in [3.05, 3.63) is 112 Å². The van der Waals surface area contributed by atoms with Crippen molar-refractivity contribution in [3.8, 4) is 6.07 Å². The number of halogens is 1. The molecule has 2 aliphatic heterocycles. The monoisotopic (exact) mass is 460 g/mol. The second kappa shape index (κ2) is 7.76. The Bertz CT molecular complexity index is 1480. The normalized spacial score (nSPS) is 18.8. The summed E-state index contributed by atoms with van der Waals surface area (Å²) < 4.78 is 49.5. The van der Waals surface area contributed by atoms with Crippen molar-refractivity contribution < 1.29 is 17.5 Å². The molecule has 3 aromatic rings. The molecule has 0 bridgehead atoms. The zero-order valence-corrected chi connectivity index (χ0v) is 18.0. The van der Waals surface area contributed by atoms with Crippen LogP contribution in [0.1, 0.15) is 22.6 Å². The molecule has 2 N–H and O–H groups in total. The second-order valence-electron chi connectivity index (χ2n) is 7.52. The Morgan fingerprint density at radius 3 is 2.61 bits per heavy atom. The van der Waals surface area contributed by atoms with Gasteiger partial charge in [-0.25, -0.2) is 12.8 Å². The SMILES string of the molecule is N#CC1=C(N)OC2=C(C1c1cccnc1)S(=O)(=O)N(Cc1ccccc1F)c1ccccc12. The molecule has 0 saturated heterocycles. The molecule has 0 radical (unpaired) electrons. The third-order valence-corrected chi connectivity index (χ3v) is 7.53. The maximum atomic E-state index is 14.5. The van der Waals surface area contributed by atoms with Gasteiger partial charge in [-0.1, -0.05) is 36.4 Å². The summed E-state index contributed by atoms with van der Waals surface area (Å²) in [5.74, 6) is -1.65. The minimum absolute atomic E-state index is 0.0319. The molecule has 33 heavy (non-hydrogen) atoms. The fourth-order valence-electron chi connectivity index (χ4n) is 4.14. The third-order valence-electron chi connectivity index (χ3n) is 5.65. The minimum atomic E-state index is -4.26. The Morgan fingerprint density at radius 2 is 1.88 bits per heavy atom. The van der Waals surface area contributed by atoms with Crippen molar-refractivity contribution in [2.45, 2.75) is 12.5 Å². The van der Waals surface area contributed by atoms with E-state index in [1.807, 2.05) is 6.07 Å². The van der Waals surface area contributed by atoms with Gasteiger partial charge in [0.15, 0.2) is 5.76 Å². The number of aromatic nitrogens is 1. The number of rotatable bonds is 3. The number of fused-ring (bicyclic) bond motifs is 2. The van der Waals surface area contributed by atoms with Crippen molar-refractivity contribution in [1.29, 1.82) is 5.26 Å². The first-order chi connectivity index (χ1) is 15.9. The van der Waals surface area contributed by atoms with Crippen molar-refractivity contribution in [2.24, 2.45) is 5.73 Å². The van der Waals surface area contributed by atoms with Crippen molar-refractivity contribution in [3.63, 3.8) is 0 Å². The van der Waals surface area contributed by atoms with Gasteiger partial charge in [-0.05, 0) is 29.8 Å². The lowest BCUT2D eigenvalue weighted by molar-refractivity contribution is 0.357. The second-order valence-corrected chi connectivity index (χ2v) is 9.36. The van der Waals surface area contributed by atoms with Gasteiger partial charge in [-0.3, -0.25) is 9.29 Å². The molecule has 3 heterocycles. The van der Waals surface area contributed by atoms with Gasteiger partial charge >= 0.3 is 0 Å². The summed E-state index contributed by atoms with van der Waals surface area (Å²) in [7, 11) is -4.26. The summed E-state index contributed by atoms with van der Waals surface area (Å²) >= 11 is 0. The summed E-state index contributed by atoms with van der Waals surface area (Å²) in [5.41, 5.74) is 7.54. The molecule has 9 heteroatoms. The molecule has 1 aromatic heterocycles. The summed E-state index contributed by atoms with van der Waals surface area (Å²) in [6.45, 7) is -0.232. The molecule has 1 unspecified atom stereocenters. The van der Waals surface area contributed by atoms with Crippen LogP contribution in [0.15, 0.2) is 89.4 Å². The molecular weight excluding hydrogens is 443 g/mol. The first-order valence-electron chi connectivity index (χ1n) is 10.0. The zero-order chi connectivity index (χ0) is 23.2. The van der Waals surface area contributed by atoms with E-state index >= 15 is 0 Å². The van der Waals surface area contributed by atoms with E-state index in [2.05, 4.69) is 4.98 Å². The van der Waals surface area contributed by atoms with Crippen LogP contribution in [0.3, 0.4) is 0 Å². The number of pyridine rings is 1. The highest BCUT2D eigenvalue weighted by Crippen LogP contribution is 2.51. The molecule has 0 aliphatic carbocycles. The van der Waals surface area contributed by atoms with Crippen LogP contribution >= 0.6 is 0 Å². The molecule has 7 nitrogen and oxygen atoms in total. The van der Waals surface area contributed by atoms with Gasteiger partial charge < -0.3 is 10.5 Å². The van der Waals surface area contributed by atoms with Crippen molar-refractivity contribution in [2.75, 3.05) is 4.31 Å². The van der Waals surface area contributed by atoms with E-state index in [9.17, 15) is 18.1 Å². The van der Waals surface area contributed by atoms with Crippen LogP contribution in [0.4, 0.5) is 10.1 Å². The number of ether oxygens (including phenoxy) is 1. The van der Waals surface area contributed by atoms with E-state index in [-0.39, 0.29) is 34.2 Å². The minimum Gasteiger partial charge on any atom is -0.439 e. The van der Waals surface area contributed by atoms with Crippen LogP contribution < -0.4 is 10.0 Å². The van der Waals surface area contributed by atoms with Gasteiger partial charge in [0, 0.05) is 23.5 Å². The molecule has 0 amide bonds. The van der Waals surface area contributed by atoms with Gasteiger partial charge in [0.25, 0.3) is 10.0 Å². The maximum Gasteiger partial charge on any atom is 0.265 e. The molecule has 0 spiro atoms. The number of sulfonamides is 1. The number of allylic oxidation sites excluding steroid dienone is 2. The highest BCUT2D eigenvalue weighted by Gasteiger charge is 2.47. The van der Waals surface area contributed by atoms with E-state index in [1.165, 1.54) is 24.4 Å². The van der Waals surface area contributed by atoms with Gasteiger partial charge in [-0.15, -0.1) is 0 Å². The Balaban J connectivity index is 1.77. The Hall–Kier alpha value is -4.16. The largest absolute Gasteiger partial charge is 0.439 e. The average Bonchev–Trinajstić information content (AvgIpc) is 2.82. The summed E-state index contributed by atoms with van der Waals surface area (Å²) in [4.78, 5) is 3.96. The van der Waals surface area contributed by atoms with Crippen LogP contribution in [0.5, 0.6) is 0 Å². The zero-order valence-electron chi connectivity index (χ0n) is 17.1. The number of hydrogen-bond acceptors (Lipinski definition) is 6. The summed E-state index contributed by atoms with van der Waals surface area (Å²) in [6.07, 6.45) is 3.04. The maximum absolute atomic E-state index is 14.5. The van der Waals surface area contributed by atoms with E-state index in [4.69, 9.17) is 10.5 Å². The summed E-state index contributed by atoms with van der Waals surface area (Å²) in [5, 5.41) is 9.82. The predicted molar refractivity (Wildman–Crippen MR) is 120 cm³/mol. The van der Waals surface area contributed by atoms with E-state index in [1.54, 1.807) is 48.7 Å². The number of para-hydroxylation sites is 1. The van der Waals surface area contributed by atoms with Crippen LogP contribution in [0, 0.1) is 17.1 Å². The van der Waals surface area contributed by atoms with Gasteiger partial charge in [0.1, 0.15) is 22.4 Å². The molecule has 2 aromatic carbocycles. The predicted octanol–water partition coefficient (Wildman–Crippen LogP) is 3.75. The number of nitriles is 1. The lowest BCUT2D eigenvalue weighted by atomic mass is 9.89. The first-order valence-corrected chi connectivity index (χ1v) is 11.4. The number of nitrogens with zero attached hydrogens (tertiary/aromatic N) is 3. The highest BCUT2D eigenvalue weighted by molar-refractivity contribution is 7.96. The molecule has 0 saturated carbocycles. The molecule has 0 fully saturated rings. The number of nitrogens with two attached hydrogens (primary N) is 1. The Labute approximate surface area is 189 Å². The van der Waals surface area contributed by atoms with Crippen LogP contribution in [-0.2, 0) is 21.3 Å². The number of anilines is 1. The number of hydrogen-bond donors (Lipinski definition) is 1. The van der Waals surface area contributed by atoms with Crippen LogP contribution in [0.25, 0.3) is 5.76 Å². The Morgan fingerprint density at radius 1 is 1.12 bits per heavy atom. The van der Waals surface area contributed by atoms with Gasteiger partial charge in [0.05, 0.1) is 18.2 Å². The lowest BCUT2D eigenvalue weighted by Gasteiger charge is -2.38. The van der Waals surface area contributed by atoms with Crippen molar-refractivity contribution >= 4 is 21.5 Å². The third kappa shape index (κ3) is 3.23. The molecular formula is C24H17FN4O3S. The molecule has 5 rings (SSSR count). The standard InChI is InChI=1S/C24H17FN4O3S/c25-19-9-3-1-6-16(19)14-29-20-10-4-2-8-17(20)22-23(33(29,30)31)21(15-7-5-11-28-13-15)18(12-26)24(27)32-22/h1-11,13,21H,14,27H2. The lowest BCUT2D eigenvalue weighted by Crippen LogP contribution is -2.39. The van der Waals surface area contributed by atoms with E-state index < -0.39 is 21.8 Å². The van der Waals surface area contributed by atoms with Gasteiger partial charge in [-0.2, -0.15) is 5.26 Å². The van der Waals surface area contributed by atoms with Crippen LogP contribution in [-0.4, -0.2) is 13.4 Å². The van der Waals surface area contributed by atoms with Gasteiger partial charge in [0.2, 0.25) is 5.88 Å². The van der Waals surface area contributed by atoms with Crippen LogP contribution in [0.2, 0.25) is 0 Å².